The number of benzene rings is 2. The second kappa shape index (κ2) is 5.22. The van der Waals surface area contributed by atoms with Gasteiger partial charge in [0.2, 0.25) is 5.60 Å². The van der Waals surface area contributed by atoms with E-state index in [0.717, 1.165) is 0 Å². The molecule has 4 heteroatoms. The lowest BCUT2D eigenvalue weighted by Gasteiger charge is -2.29. The van der Waals surface area contributed by atoms with Crippen LogP contribution in [0.5, 0.6) is 0 Å². The molecule has 0 aliphatic rings. The van der Waals surface area contributed by atoms with Crippen molar-refractivity contribution in [3.05, 3.63) is 71.8 Å². The Labute approximate surface area is 110 Å². The number of carboxylic acids is 1. The van der Waals surface area contributed by atoms with Gasteiger partial charge in [0.15, 0.2) is 0 Å². The highest BCUT2D eigenvalue weighted by molar-refractivity contribution is 5.80. The van der Waals surface area contributed by atoms with E-state index in [1.165, 1.54) is 12.1 Å². The molecule has 0 amide bonds. The summed E-state index contributed by atoms with van der Waals surface area (Å²) in [6.07, 6.45) is -1.55. The number of aliphatic hydroxyl groups excluding tert-OH is 1. The minimum atomic E-state index is -2.37. The van der Waals surface area contributed by atoms with Crippen molar-refractivity contribution in [3.8, 4) is 0 Å². The molecule has 2 rings (SSSR count). The van der Waals surface area contributed by atoms with Crippen molar-refractivity contribution in [2.75, 3.05) is 0 Å². The summed E-state index contributed by atoms with van der Waals surface area (Å²) in [6.45, 7) is 0. The lowest BCUT2D eigenvalue weighted by Crippen LogP contribution is -2.41. The average Bonchev–Trinajstić information content (AvgIpc) is 2.47. The molecule has 2 atom stereocenters. The topological polar surface area (TPSA) is 77.8 Å². The van der Waals surface area contributed by atoms with Crippen molar-refractivity contribution >= 4 is 5.97 Å². The SMILES string of the molecule is O=C(O)[C@@](O)(c1ccccc1)[C@@H](O)c1ccccc1. The van der Waals surface area contributed by atoms with Gasteiger partial charge in [-0.15, -0.1) is 0 Å². The molecular formula is C15H14O4. The van der Waals surface area contributed by atoms with Crippen molar-refractivity contribution in [1.82, 2.24) is 0 Å². The molecule has 0 radical (unpaired) electrons. The van der Waals surface area contributed by atoms with E-state index in [9.17, 15) is 20.1 Å². The fourth-order valence-electron chi connectivity index (χ4n) is 1.97. The van der Waals surface area contributed by atoms with Crippen molar-refractivity contribution in [2.24, 2.45) is 0 Å². The summed E-state index contributed by atoms with van der Waals surface area (Å²) in [4.78, 5) is 11.4. The summed E-state index contributed by atoms with van der Waals surface area (Å²) < 4.78 is 0. The van der Waals surface area contributed by atoms with Gasteiger partial charge in [0, 0.05) is 0 Å². The molecule has 0 aromatic heterocycles. The van der Waals surface area contributed by atoms with Gasteiger partial charge >= 0.3 is 5.97 Å². The summed E-state index contributed by atoms with van der Waals surface area (Å²) in [5.74, 6) is -1.49. The van der Waals surface area contributed by atoms with Crippen LogP contribution in [0.1, 0.15) is 17.2 Å². The number of carbonyl (C=O) groups is 1. The molecule has 0 unspecified atom stereocenters. The van der Waals surface area contributed by atoms with E-state index in [0.29, 0.717) is 5.56 Å². The van der Waals surface area contributed by atoms with Gasteiger partial charge in [-0.2, -0.15) is 0 Å². The van der Waals surface area contributed by atoms with Crippen LogP contribution in [-0.2, 0) is 10.4 Å². The van der Waals surface area contributed by atoms with Crippen LogP contribution < -0.4 is 0 Å². The van der Waals surface area contributed by atoms with E-state index in [1.807, 2.05) is 0 Å². The fourth-order valence-corrected chi connectivity index (χ4v) is 1.97. The standard InChI is InChI=1S/C15H14O4/c16-13(11-7-3-1-4-8-11)15(19,14(17)18)12-9-5-2-6-10-12/h1-10,13,16,19H,(H,17,18)/t13-,15+/m0/s1. The Kier molecular flexibility index (Phi) is 3.64. The average molecular weight is 258 g/mol. The van der Waals surface area contributed by atoms with Crippen LogP contribution in [-0.4, -0.2) is 21.3 Å². The van der Waals surface area contributed by atoms with Crippen LogP contribution in [0.15, 0.2) is 60.7 Å². The summed E-state index contributed by atoms with van der Waals surface area (Å²) in [5.41, 5.74) is -1.89. The van der Waals surface area contributed by atoms with E-state index in [-0.39, 0.29) is 5.56 Å². The molecule has 0 heterocycles. The molecule has 0 spiro atoms. The third-order valence-corrected chi connectivity index (χ3v) is 3.05. The van der Waals surface area contributed by atoms with Gasteiger partial charge in [-0.05, 0) is 11.1 Å². The molecule has 0 fully saturated rings. The van der Waals surface area contributed by atoms with Gasteiger partial charge in [-0.1, -0.05) is 60.7 Å². The number of rotatable bonds is 4. The Morgan fingerprint density at radius 3 is 1.89 bits per heavy atom. The van der Waals surface area contributed by atoms with E-state index in [2.05, 4.69) is 0 Å². The maximum absolute atomic E-state index is 11.4. The molecule has 0 bridgehead atoms. The Bertz CT molecular complexity index is 553. The summed E-state index contributed by atoms with van der Waals surface area (Å²) in [7, 11) is 0. The van der Waals surface area contributed by atoms with Crippen LogP contribution >= 0.6 is 0 Å². The maximum Gasteiger partial charge on any atom is 0.343 e. The monoisotopic (exact) mass is 258 g/mol. The van der Waals surface area contributed by atoms with Crippen molar-refractivity contribution in [2.45, 2.75) is 11.7 Å². The van der Waals surface area contributed by atoms with Gasteiger partial charge < -0.3 is 15.3 Å². The van der Waals surface area contributed by atoms with Gasteiger partial charge in [0.05, 0.1) is 0 Å². The highest BCUT2D eigenvalue weighted by atomic mass is 16.4. The van der Waals surface area contributed by atoms with Gasteiger partial charge in [0.1, 0.15) is 6.10 Å². The van der Waals surface area contributed by atoms with Crippen LogP contribution in [0.3, 0.4) is 0 Å². The zero-order valence-electron chi connectivity index (χ0n) is 10.1. The molecule has 0 saturated carbocycles. The molecule has 4 nitrogen and oxygen atoms in total. The molecule has 3 N–H and O–H groups in total. The molecule has 2 aromatic carbocycles. The van der Waals surface area contributed by atoms with E-state index < -0.39 is 17.7 Å². The van der Waals surface area contributed by atoms with Crippen LogP contribution in [0.4, 0.5) is 0 Å². The highest BCUT2D eigenvalue weighted by Gasteiger charge is 2.46. The van der Waals surface area contributed by atoms with Crippen LogP contribution in [0.25, 0.3) is 0 Å². The number of aliphatic carboxylic acids is 1. The minimum absolute atomic E-state index is 0.138. The zero-order chi connectivity index (χ0) is 13.9. The lowest BCUT2D eigenvalue weighted by atomic mass is 9.84. The number of aliphatic hydroxyl groups is 2. The molecule has 0 saturated heterocycles. The van der Waals surface area contributed by atoms with Crippen molar-refractivity contribution < 1.29 is 20.1 Å². The Balaban J connectivity index is 2.49. The third kappa shape index (κ3) is 2.36. The highest BCUT2D eigenvalue weighted by Crippen LogP contribution is 2.35. The number of carboxylic acid groups (broad SMARTS) is 1. The first-order chi connectivity index (χ1) is 9.06. The minimum Gasteiger partial charge on any atom is -0.479 e. The Morgan fingerprint density at radius 1 is 0.947 bits per heavy atom. The molecule has 0 aliphatic heterocycles. The molecule has 0 aliphatic carbocycles. The Hall–Kier alpha value is -2.17. The Morgan fingerprint density at radius 2 is 1.42 bits per heavy atom. The first-order valence-electron chi connectivity index (χ1n) is 5.81. The van der Waals surface area contributed by atoms with Gasteiger partial charge in [-0.3, -0.25) is 0 Å². The fraction of sp³-hybridized carbons (Fsp3) is 0.133. The first-order valence-corrected chi connectivity index (χ1v) is 5.81. The predicted octanol–water partition coefficient (Wildman–Crippen LogP) is 1.69. The zero-order valence-corrected chi connectivity index (χ0v) is 10.1. The van der Waals surface area contributed by atoms with Crippen LogP contribution in [0.2, 0.25) is 0 Å². The van der Waals surface area contributed by atoms with Crippen LogP contribution in [0, 0.1) is 0 Å². The second-order valence-electron chi connectivity index (χ2n) is 4.25. The first kappa shape index (κ1) is 13.3. The molecule has 2 aromatic rings. The van der Waals surface area contributed by atoms with Gasteiger partial charge in [0.25, 0.3) is 0 Å². The lowest BCUT2D eigenvalue weighted by molar-refractivity contribution is -0.174. The van der Waals surface area contributed by atoms with Crippen molar-refractivity contribution in [1.29, 1.82) is 0 Å². The van der Waals surface area contributed by atoms with E-state index in [1.54, 1.807) is 48.5 Å². The smallest absolute Gasteiger partial charge is 0.343 e. The maximum atomic E-state index is 11.4. The molecule has 98 valence electrons. The van der Waals surface area contributed by atoms with E-state index in [4.69, 9.17) is 0 Å². The quantitative estimate of drug-likeness (QED) is 0.780. The number of hydrogen-bond acceptors (Lipinski definition) is 3. The van der Waals surface area contributed by atoms with Gasteiger partial charge in [-0.25, -0.2) is 4.79 Å². The summed E-state index contributed by atoms with van der Waals surface area (Å²) in [6, 6.07) is 16.1. The normalized spacial score (nSPS) is 15.5. The molecular weight excluding hydrogens is 244 g/mol. The number of hydrogen-bond donors (Lipinski definition) is 3. The van der Waals surface area contributed by atoms with Crippen molar-refractivity contribution in [3.63, 3.8) is 0 Å². The third-order valence-electron chi connectivity index (χ3n) is 3.05. The second-order valence-corrected chi connectivity index (χ2v) is 4.25. The largest absolute Gasteiger partial charge is 0.479 e. The predicted molar refractivity (Wildman–Crippen MR) is 69.4 cm³/mol. The summed E-state index contributed by atoms with van der Waals surface area (Å²) >= 11 is 0. The summed E-state index contributed by atoms with van der Waals surface area (Å²) in [5, 5.41) is 30.0. The van der Waals surface area contributed by atoms with E-state index >= 15 is 0 Å². The molecule has 19 heavy (non-hydrogen) atoms.